The van der Waals surface area contributed by atoms with Crippen molar-refractivity contribution in [3.63, 3.8) is 0 Å². The predicted octanol–water partition coefficient (Wildman–Crippen LogP) is 8.31. The zero-order valence-electron chi connectivity index (χ0n) is 24.2. The summed E-state index contributed by atoms with van der Waals surface area (Å²) < 4.78 is 5.86. The second-order valence-corrected chi connectivity index (χ2v) is 14.5. The summed E-state index contributed by atoms with van der Waals surface area (Å²) in [6.45, 7) is 20.5. The Kier molecular flexibility index (Phi) is 6.94. The van der Waals surface area contributed by atoms with Crippen molar-refractivity contribution in [3.8, 4) is 0 Å². The zero-order valence-corrected chi connectivity index (χ0v) is 24.2. The number of allylic oxidation sites excluding steroid dienone is 2. The van der Waals surface area contributed by atoms with Gasteiger partial charge in [-0.3, -0.25) is 9.59 Å². The number of fused-ring (bicyclic) bond motifs is 4. The molecule has 2 fully saturated rings. The van der Waals surface area contributed by atoms with E-state index in [1.165, 1.54) is 38.5 Å². The monoisotopic (exact) mass is 484 g/mol. The molecule has 0 aliphatic heterocycles. The van der Waals surface area contributed by atoms with Gasteiger partial charge in [0.05, 0.1) is 0 Å². The van der Waals surface area contributed by atoms with Crippen LogP contribution in [0.2, 0.25) is 0 Å². The maximum Gasteiger partial charge on any atom is 0.302 e. The van der Waals surface area contributed by atoms with Crippen molar-refractivity contribution < 1.29 is 14.3 Å². The summed E-state index contributed by atoms with van der Waals surface area (Å²) >= 11 is 0. The van der Waals surface area contributed by atoms with E-state index in [4.69, 9.17) is 4.74 Å². The molecule has 4 rings (SSSR count). The number of Topliss-reactive ketones (excluding diaryl/α,β-unsaturated/α-hetero) is 1. The summed E-state index contributed by atoms with van der Waals surface area (Å²) in [5.74, 6) is 2.34. The smallest absolute Gasteiger partial charge is 0.302 e. The van der Waals surface area contributed by atoms with Crippen molar-refractivity contribution in [2.45, 2.75) is 133 Å². The van der Waals surface area contributed by atoms with Crippen molar-refractivity contribution in [2.24, 2.45) is 45.3 Å². The fourth-order valence-electron chi connectivity index (χ4n) is 9.89. The van der Waals surface area contributed by atoms with Crippen molar-refractivity contribution in [2.75, 3.05) is 0 Å². The Morgan fingerprint density at radius 2 is 1.60 bits per heavy atom. The molecular weight excluding hydrogens is 432 g/mol. The van der Waals surface area contributed by atoms with Crippen molar-refractivity contribution >= 4 is 11.8 Å². The van der Waals surface area contributed by atoms with Crippen molar-refractivity contribution in [1.82, 2.24) is 0 Å². The third-order valence-corrected chi connectivity index (χ3v) is 12.2. The Bertz CT molecular complexity index is 896. The van der Waals surface area contributed by atoms with Gasteiger partial charge in [-0.25, -0.2) is 0 Å². The van der Waals surface area contributed by atoms with E-state index in [0.717, 1.165) is 25.7 Å². The lowest BCUT2D eigenvalue weighted by Gasteiger charge is -2.62. The third kappa shape index (κ3) is 4.06. The Hall–Kier alpha value is -1.12. The summed E-state index contributed by atoms with van der Waals surface area (Å²) in [6, 6.07) is 0. The minimum Gasteiger partial charge on any atom is -0.462 e. The Morgan fingerprint density at radius 1 is 0.914 bits per heavy atom. The number of carbonyl (C=O) groups is 2. The molecule has 3 heteroatoms. The van der Waals surface area contributed by atoms with E-state index in [9.17, 15) is 9.59 Å². The van der Waals surface area contributed by atoms with E-state index in [0.29, 0.717) is 29.0 Å². The molecule has 7 atom stereocenters. The predicted molar refractivity (Wildman–Crippen MR) is 143 cm³/mol. The quantitative estimate of drug-likeness (QED) is 0.281. The van der Waals surface area contributed by atoms with Crippen LogP contribution >= 0.6 is 0 Å². The second kappa shape index (κ2) is 9.02. The minimum atomic E-state index is -0.135. The highest BCUT2D eigenvalue weighted by Crippen LogP contribution is 2.72. The van der Waals surface area contributed by atoms with Gasteiger partial charge in [-0.15, -0.1) is 0 Å². The number of hydrogen-bond donors (Lipinski definition) is 0. The molecule has 0 aromatic heterocycles. The Labute approximate surface area is 215 Å². The first kappa shape index (κ1) is 26.9. The lowest BCUT2D eigenvalue weighted by molar-refractivity contribution is -0.167. The molecule has 2 saturated carbocycles. The van der Waals surface area contributed by atoms with Crippen LogP contribution < -0.4 is 0 Å². The van der Waals surface area contributed by atoms with Crippen molar-refractivity contribution in [3.05, 3.63) is 11.1 Å². The van der Waals surface area contributed by atoms with Gasteiger partial charge in [0.2, 0.25) is 0 Å². The Morgan fingerprint density at radius 3 is 2.23 bits per heavy atom. The summed E-state index contributed by atoms with van der Waals surface area (Å²) in [6.07, 6.45) is 11.5. The van der Waals surface area contributed by atoms with Crippen LogP contribution in [0.4, 0.5) is 0 Å². The number of carbonyl (C=O) groups excluding carboxylic acids is 2. The molecule has 4 aliphatic rings. The largest absolute Gasteiger partial charge is 0.462 e. The van der Waals surface area contributed by atoms with Gasteiger partial charge in [0.1, 0.15) is 11.9 Å². The minimum absolute atomic E-state index is 0.00846. The SMILES string of the molecule is CC(=O)O[C@H]1CC[C@]2(C)C3=C(CCC2C1(C)C)[C@]1(C)CC[C@H]([C@H](C)CCC(=O)C(C)C)[C@@]1(C)CC3. The van der Waals surface area contributed by atoms with E-state index >= 15 is 0 Å². The molecule has 0 bridgehead atoms. The molecule has 4 aliphatic carbocycles. The van der Waals surface area contributed by atoms with E-state index < -0.39 is 0 Å². The van der Waals surface area contributed by atoms with E-state index in [2.05, 4.69) is 41.5 Å². The van der Waals surface area contributed by atoms with Crippen LogP contribution in [0.3, 0.4) is 0 Å². The molecule has 3 nitrogen and oxygen atoms in total. The summed E-state index contributed by atoms with van der Waals surface area (Å²) in [4.78, 5) is 24.2. The first-order valence-electron chi connectivity index (χ1n) is 14.6. The summed E-state index contributed by atoms with van der Waals surface area (Å²) in [5, 5.41) is 0. The number of ether oxygens (including phenoxy) is 1. The van der Waals surface area contributed by atoms with Gasteiger partial charge in [-0.1, -0.05) is 66.5 Å². The highest BCUT2D eigenvalue weighted by atomic mass is 16.5. The first-order chi connectivity index (χ1) is 16.2. The highest BCUT2D eigenvalue weighted by molar-refractivity contribution is 5.80. The summed E-state index contributed by atoms with van der Waals surface area (Å²) in [5.41, 5.74) is 4.44. The molecule has 0 amide bonds. The van der Waals surface area contributed by atoms with E-state index in [1.807, 2.05) is 13.8 Å². The highest BCUT2D eigenvalue weighted by Gasteiger charge is 2.63. The van der Waals surface area contributed by atoms with Gasteiger partial charge in [-0.05, 0) is 91.8 Å². The molecule has 1 unspecified atom stereocenters. The van der Waals surface area contributed by atoms with Crippen molar-refractivity contribution in [1.29, 1.82) is 0 Å². The van der Waals surface area contributed by atoms with Crippen LogP contribution in [0, 0.1) is 45.3 Å². The molecule has 0 spiro atoms. The number of ketones is 1. The molecule has 198 valence electrons. The molecule has 0 aromatic carbocycles. The fourth-order valence-corrected chi connectivity index (χ4v) is 9.89. The third-order valence-electron chi connectivity index (χ3n) is 12.2. The van der Waals surface area contributed by atoms with Gasteiger partial charge in [-0.2, -0.15) is 0 Å². The standard InChI is InChI=1S/C32H52O3/c1-20(2)26(34)12-10-21(3)23-14-18-32(9)25-11-13-27-29(5,6)28(35-22(4)33)16-17-30(27,7)24(25)15-19-31(23,32)8/h20-21,23,27-28H,10-19H2,1-9H3/t21-,23-,27?,28+,30-,31-,32+/m1/s1. The van der Waals surface area contributed by atoms with Crippen LogP contribution in [0.1, 0.15) is 127 Å². The van der Waals surface area contributed by atoms with Crippen LogP contribution in [0.5, 0.6) is 0 Å². The molecule has 35 heavy (non-hydrogen) atoms. The van der Waals surface area contributed by atoms with Gasteiger partial charge < -0.3 is 4.74 Å². The molecule has 0 saturated heterocycles. The van der Waals surface area contributed by atoms with E-state index in [-0.39, 0.29) is 34.2 Å². The van der Waals surface area contributed by atoms with Gasteiger partial charge in [0.15, 0.2) is 0 Å². The van der Waals surface area contributed by atoms with Gasteiger partial charge in [0, 0.05) is 24.7 Å². The maximum absolute atomic E-state index is 12.3. The second-order valence-electron chi connectivity index (χ2n) is 14.5. The number of esters is 1. The average molecular weight is 485 g/mol. The van der Waals surface area contributed by atoms with E-state index in [1.54, 1.807) is 18.1 Å². The fraction of sp³-hybridized carbons (Fsp3) is 0.875. The lowest BCUT2D eigenvalue weighted by Crippen LogP contribution is -2.55. The van der Waals surface area contributed by atoms with Crippen LogP contribution in [-0.2, 0) is 14.3 Å². The summed E-state index contributed by atoms with van der Waals surface area (Å²) in [7, 11) is 0. The maximum atomic E-state index is 12.3. The molecule has 0 aromatic rings. The van der Waals surface area contributed by atoms with Crippen LogP contribution in [-0.4, -0.2) is 17.9 Å². The normalized spacial score (nSPS) is 41.1. The molecule has 0 radical (unpaired) electrons. The zero-order chi connectivity index (χ0) is 26.0. The van der Waals surface area contributed by atoms with Gasteiger partial charge in [0.25, 0.3) is 0 Å². The van der Waals surface area contributed by atoms with Crippen LogP contribution in [0.15, 0.2) is 11.1 Å². The van der Waals surface area contributed by atoms with Gasteiger partial charge >= 0.3 is 5.97 Å². The topological polar surface area (TPSA) is 43.4 Å². The average Bonchev–Trinajstić information content (AvgIpc) is 3.05. The first-order valence-corrected chi connectivity index (χ1v) is 14.6. The lowest BCUT2D eigenvalue weighted by atomic mass is 9.43. The molecule has 0 N–H and O–H groups in total. The number of rotatable bonds is 6. The van der Waals surface area contributed by atoms with Crippen LogP contribution in [0.25, 0.3) is 0 Å². The number of hydrogen-bond acceptors (Lipinski definition) is 3. The Balaban J connectivity index is 1.61. The molecular formula is C32H52O3. The molecule has 0 heterocycles.